The molecule has 0 spiro atoms. The van der Waals surface area contributed by atoms with E-state index in [-0.39, 0.29) is 17.5 Å². The summed E-state index contributed by atoms with van der Waals surface area (Å²) in [7, 11) is 0. The number of benzene rings is 2. The number of halogens is 3. The molecule has 3 N–H and O–H groups in total. The number of carbonyl (C=O) groups excluding carboxylic acids is 2. The fraction of sp³-hybridized carbons (Fsp3) is 0.0556. The Bertz CT molecular complexity index is 909. The van der Waals surface area contributed by atoms with Gasteiger partial charge in [-0.05, 0) is 70.1 Å². The second kappa shape index (κ2) is 10.7. The highest BCUT2D eigenvalue weighted by molar-refractivity contribution is 9.10. The molecule has 0 bridgehead atoms. The maximum atomic E-state index is 12.8. The molecule has 0 saturated heterocycles. The molecule has 0 radical (unpaired) electrons. The van der Waals surface area contributed by atoms with Gasteiger partial charge in [0, 0.05) is 11.1 Å². The number of carbonyl (C=O) groups is 2. The molecular weight excluding hydrogens is 473 g/mol. The van der Waals surface area contributed by atoms with E-state index in [4.69, 9.17) is 28.6 Å². The largest absolute Gasteiger partial charge is 0.483 e. The summed E-state index contributed by atoms with van der Waals surface area (Å²) >= 11 is 14.0. The van der Waals surface area contributed by atoms with Crippen molar-refractivity contribution in [1.29, 1.82) is 0 Å². The molecule has 0 aliphatic heterocycles. The molecule has 28 heavy (non-hydrogen) atoms. The van der Waals surface area contributed by atoms with E-state index in [0.29, 0.717) is 20.8 Å². The van der Waals surface area contributed by atoms with E-state index in [2.05, 4.69) is 32.1 Å². The van der Waals surface area contributed by atoms with Gasteiger partial charge in [-0.2, -0.15) is 0 Å². The van der Waals surface area contributed by atoms with E-state index in [1.165, 1.54) is 36.4 Å². The van der Waals surface area contributed by atoms with Crippen molar-refractivity contribution >= 4 is 62.8 Å². The lowest BCUT2D eigenvalue weighted by atomic mass is 10.2. The van der Waals surface area contributed by atoms with Crippen molar-refractivity contribution in [3.8, 4) is 5.75 Å². The van der Waals surface area contributed by atoms with Gasteiger partial charge in [0.05, 0.1) is 4.47 Å². The van der Waals surface area contributed by atoms with Crippen LogP contribution in [0, 0.1) is 5.82 Å². The Kier molecular flexibility index (Phi) is 8.37. The van der Waals surface area contributed by atoms with Crippen LogP contribution >= 0.6 is 39.7 Å². The third-order valence-electron chi connectivity index (χ3n) is 3.10. The molecule has 0 saturated carbocycles. The molecule has 0 fully saturated rings. The topological polar surface area (TPSA) is 79.5 Å². The highest BCUT2D eigenvalue weighted by Gasteiger charge is 2.07. The first kappa shape index (κ1) is 21.8. The number of hydrazine groups is 1. The Balaban J connectivity index is 1.71. The number of rotatable bonds is 5. The number of thiocarbonyl (C=S) groups is 1. The van der Waals surface area contributed by atoms with Crippen LogP contribution in [0.1, 0.15) is 5.56 Å². The van der Waals surface area contributed by atoms with Crippen LogP contribution in [0.5, 0.6) is 5.75 Å². The SMILES string of the molecule is O=C(/C=C/c1ccc(F)cc1)NC(=S)NNC(=O)COc1ccc(Cl)cc1Br. The van der Waals surface area contributed by atoms with E-state index in [0.717, 1.165) is 0 Å². The Morgan fingerprint density at radius 3 is 2.57 bits per heavy atom. The van der Waals surface area contributed by atoms with Crippen molar-refractivity contribution in [2.45, 2.75) is 0 Å². The molecule has 0 atom stereocenters. The summed E-state index contributed by atoms with van der Waals surface area (Å²) in [4.78, 5) is 23.5. The molecule has 2 amide bonds. The Labute approximate surface area is 179 Å². The van der Waals surface area contributed by atoms with E-state index in [9.17, 15) is 14.0 Å². The van der Waals surface area contributed by atoms with Gasteiger partial charge in [-0.15, -0.1) is 0 Å². The molecule has 0 aliphatic carbocycles. The van der Waals surface area contributed by atoms with Crippen molar-refractivity contribution in [2.24, 2.45) is 0 Å². The molecule has 6 nitrogen and oxygen atoms in total. The molecule has 2 aromatic carbocycles. The van der Waals surface area contributed by atoms with Gasteiger partial charge in [0.15, 0.2) is 11.7 Å². The van der Waals surface area contributed by atoms with E-state index in [1.807, 2.05) is 0 Å². The predicted octanol–water partition coefficient (Wildman–Crippen LogP) is 3.36. The van der Waals surface area contributed by atoms with Gasteiger partial charge in [-0.25, -0.2) is 4.39 Å². The van der Waals surface area contributed by atoms with Crippen molar-refractivity contribution in [2.75, 3.05) is 6.61 Å². The van der Waals surface area contributed by atoms with Gasteiger partial charge in [-0.1, -0.05) is 23.7 Å². The highest BCUT2D eigenvalue weighted by atomic mass is 79.9. The number of hydrogen-bond acceptors (Lipinski definition) is 4. The van der Waals surface area contributed by atoms with Crippen LogP contribution < -0.4 is 20.9 Å². The van der Waals surface area contributed by atoms with Gasteiger partial charge in [0.25, 0.3) is 5.91 Å². The van der Waals surface area contributed by atoms with E-state index >= 15 is 0 Å². The average Bonchev–Trinajstić information content (AvgIpc) is 2.65. The zero-order chi connectivity index (χ0) is 20.5. The first-order chi connectivity index (χ1) is 13.3. The summed E-state index contributed by atoms with van der Waals surface area (Å²) in [5.74, 6) is -0.950. The quantitative estimate of drug-likeness (QED) is 0.343. The molecule has 146 valence electrons. The standard InChI is InChI=1S/C18H14BrClFN3O3S/c19-14-9-12(20)4-7-15(14)27-10-17(26)23-24-18(28)22-16(25)8-3-11-1-5-13(21)6-2-11/h1-9H,10H2,(H,23,26)(H2,22,24,25,28)/b8-3+. The van der Waals surface area contributed by atoms with Crippen LogP contribution in [0.2, 0.25) is 5.02 Å². The molecular formula is C18H14BrClFN3O3S. The fourth-order valence-electron chi connectivity index (χ4n) is 1.83. The van der Waals surface area contributed by atoms with Gasteiger partial charge < -0.3 is 4.74 Å². The maximum Gasteiger partial charge on any atom is 0.276 e. The maximum absolute atomic E-state index is 12.8. The molecule has 0 unspecified atom stereocenters. The van der Waals surface area contributed by atoms with Crippen LogP contribution in [0.15, 0.2) is 53.0 Å². The molecule has 2 rings (SSSR count). The van der Waals surface area contributed by atoms with Crippen LogP contribution in [0.4, 0.5) is 4.39 Å². The van der Waals surface area contributed by atoms with Crippen LogP contribution in [0.3, 0.4) is 0 Å². The second-order valence-electron chi connectivity index (χ2n) is 5.24. The molecule has 10 heteroatoms. The average molecular weight is 487 g/mol. The second-order valence-corrected chi connectivity index (χ2v) is 6.94. The summed E-state index contributed by atoms with van der Waals surface area (Å²) in [6.45, 7) is -0.283. The highest BCUT2D eigenvalue weighted by Crippen LogP contribution is 2.27. The minimum atomic E-state index is -0.516. The molecule has 0 heterocycles. The monoisotopic (exact) mass is 485 g/mol. The molecule has 0 aliphatic rings. The van der Waals surface area contributed by atoms with Crippen LogP contribution in [-0.4, -0.2) is 23.5 Å². The summed E-state index contributed by atoms with van der Waals surface area (Å²) in [6.07, 6.45) is 2.72. The van der Waals surface area contributed by atoms with Crippen LogP contribution in [-0.2, 0) is 9.59 Å². The smallest absolute Gasteiger partial charge is 0.276 e. The predicted molar refractivity (Wildman–Crippen MR) is 112 cm³/mol. The van der Waals surface area contributed by atoms with Gasteiger partial charge in [0.2, 0.25) is 5.91 Å². The lowest BCUT2D eigenvalue weighted by molar-refractivity contribution is -0.123. The first-order valence-corrected chi connectivity index (χ1v) is 9.32. The van der Waals surface area contributed by atoms with Crippen molar-refractivity contribution in [3.05, 3.63) is 69.4 Å². The molecule has 2 aromatic rings. The number of amides is 2. The van der Waals surface area contributed by atoms with Crippen molar-refractivity contribution in [3.63, 3.8) is 0 Å². The summed E-state index contributed by atoms with van der Waals surface area (Å²) in [6, 6.07) is 10.5. The lowest BCUT2D eigenvalue weighted by Crippen LogP contribution is -2.49. The third-order valence-corrected chi connectivity index (χ3v) is 4.16. The Morgan fingerprint density at radius 2 is 1.89 bits per heavy atom. The number of hydrogen-bond donors (Lipinski definition) is 3. The Hall–Kier alpha value is -2.49. The summed E-state index contributed by atoms with van der Waals surface area (Å²) in [5.41, 5.74) is 5.32. The van der Waals surface area contributed by atoms with Crippen LogP contribution in [0.25, 0.3) is 6.08 Å². The fourth-order valence-corrected chi connectivity index (χ4v) is 2.78. The number of ether oxygens (including phenoxy) is 1. The van der Waals surface area contributed by atoms with Crippen molar-refractivity contribution in [1.82, 2.24) is 16.2 Å². The minimum absolute atomic E-state index is 0.102. The van der Waals surface area contributed by atoms with Crippen molar-refractivity contribution < 1.29 is 18.7 Å². The van der Waals surface area contributed by atoms with Gasteiger partial charge >= 0.3 is 0 Å². The minimum Gasteiger partial charge on any atom is -0.483 e. The first-order valence-electron chi connectivity index (χ1n) is 7.75. The van der Waals surface area contributed by atoms with E-state index in [1.54, 1.807) is 18.2 Å². The lowest BCUT2D eigenvalue weighted by Gasteiger charge is -2.11. The van der Waals surface area contributed by atoms with E-state index < -0.39 is 11.8 Å². The Morgan fingerprint density at radius 1 is 1.18 bits per heavy atom. The molecule has 0 aromatic heterocycles. The normalized spacial score (nSPS) is 10.4. The summed E-state index contributed by atoms with van der Waals surface area (Å²) in [5, 5.41) is 2.77. The zero-order valence-corrected chi connectivity index (χ0v) is 17.3. The summed E-state index contributed by atoms with van der Waals surface area (Å²) < 4.78 is 18.8. The number of nitrogens with one attached hydrogen (secondary N) is 3. The van der Waals surface area contributed by atoms with Gasteiger partial charge in [0.1, 0.15) is 11.6 Å². The van der Waals surface area contributed by atoms with Gasteiger partial charge in [-0.3, -0.25) is 25.8 Å². The zero-order valence-electron chi connectivity index (χ0n) is 14.2. The third kappa shape index (κ3) is 7.63.